The summed E-state index contributed by atoms with van der Waals surface area (Å²) in [6.07, 6.45) is 1.05. The molecule has 2 aromatic heterocycles. The Labute approximate surface area is 186 Å². The summed E-state index contributed by atoms with van der Waals surface area (Å²) in [6, 6.07) is 26.2. The Morgan fingerprint density at radius 3 is 2.56 bits per heavy atom. The molecule has 4 aromatic rings. The summed E-state index contributed by atoms with van der Waals surface area (Å²) in [5.41, 5.74) is 4.40. The number of aromatic nitrogens is 2. The normalized spacial score (nSPS) is 19.7. The topological polar surface area (TPSA) is 47.2 Å². The first-order valence-electron chi connectivity index (χ1n) is 11.3. The third-order valence-electron chi connectivity index (χ3n) is 7.01. The van der Waals surface area contributed by atoms with E-state index in [1.165, 1.54) is 0 Å². The molecule has 0 saturated carbocycles. The van der Waals surface area contributed by atoms with Crippen LogP contribution in [0.3, 0.4) is 0 Å². The zero-order valence-electron chi connectivity index (χ0n) is 17.9. The van der Waals surface area contributed by atoms with Crippen LogP contribution in [0.4, 0.5) is 0 Å². The summed E-state index contributed by atoms with van der Waals surface area (Å²) in [6.45, 7) is 2.42. The number of benzene rings is 2. The standard InChI is InChI=1S/C27H25N3O2/c31-26-12-6-11-24-22-13-19(16-30(24)26)15-28(17-22)27(32)18-29-23-10-5-4-9-21(23)14-25(29)20-7-2-1-3-8-20/h1-12,14,19,22H,13,15-18H2. The molecule has 160 valence electrons. The molecule has 1 saturated heterocycles. The van der Waals surface area contributed by atoms with Crippen molar-refractivity contribution in [2.45, 2.75) is 25.4 Å². The predicted molar refractivity (Wildman–Crippen MR) is 126 cm³/mol. The fourth-order valence-electron chi connectivity index (χ4n) is 5.56. The number of para-hydroxylation sites is 1. The summed E-state index contributed by atoms with van der Waals surface area (Å²) in [5, 5.41) is 1.14. The van der Waals surface area contributed by atoms with E-state index in [-0.39, 0.29) is 17.4 Å². The fraction of sp³-hybridized carbons (Fsp3) is 0.259. The van der Waals surface area contributed by atoms with Gasteiger partial charge in [0.05, 0.1) is 0 Å². The Hall–Kier alpha value is -3.60. The minimum atomic E-state index is 0.0725. The summed E-state index contributed by atoms with van der Waals surface area (Å²) >= 11 is 0. The van der Waals surface area contributed by atoms with E-state index in [0.29, 0.717) is 25.6 Å². The van der Waals surface area contributed by atoms with E-state index in [9.17, 15) is 9.59 Å². The van der Waals surface area contributed by atoms with E-state index in [1.54, 1.807) is 6.07 Å². The smallest absolute Gasteiger partial charge is 0.250 e. The summed E-state index contributed by atoms with van der Waals surface area (Å²) < 4.78 is 4.06. The van der Waals surface area contributed by atoms with Crippen molar-refractivity contribution in [2.24, 2.45) is 5.92 Å². The Kier molecular flexibility index (Phi) is 4.49. The zero-order chi connectivity index (χ0) is 21.7. The van der Waals surface area contributed by atoms with Gasteiger partial charge in [-0.3, -0.25) is 9.59 Å². The van der Waals surface area contributed by atoms with E-state index in [4.69, 9.17) is 0 Å². The third kappa shape index (κ3) is 3.16. The van der Waals surface area contributed by atoms with Crippen molar-refractivity contribution in [1.82, 2.24) is 14.0 Å². The number of hydrogen-bond acceptors (Lipinski definition) is 2. The van der Waals surface area contributed by atoms with Crippen molar-refractivity contribution in [3.05, 3.63) is 94.9 Å². The van der Waals surface area contributed by atoms with Gasteiger partial charge in [0, 0.05) is 53.9 Å². The second-order valence-corrected chi connectivity index (χ2v) is 9.04. The number of hydrogen-bond donors (Lipinski definition) is 0. The Morgan fingerprint density at radius 2 is 1.69 bits per heavy atom. The molecule has 4 heterocycles. The van der Waals surface area contributed by atoms with Crippen LogP contribution in [-0.4, -0.2) is 33.0 Å². The van der Waals surface area contributed by atoms with Crippen LogP contribution >= 0.6 is 0 Å². The largest absolute Gasteiger partial charge is 0.340 e. The van der Waals surface area contributed by atoms with Crippen LogP contribution in [0, 0.1) is 5.92 Å². The minimum Gasteiger partial charge on any atom is -0.340 e. The van der Waals surface area contributed by atoms with E-state index in [1.807, 2.05) is 51.9 Å². The van der Waals surface area contributed by atoms with Crippen LogP contribution in [0.2, 0.25) is 0 Å². The number of carbonyl (C=O) groups is 1. The molecule has 0 spiro atoms. The molecule has 32 heavy (non-hydrogen) atoms. The van der Waals surface area contributed by atoms with Crippen LogP contribution in [-0.2, 0) is 17.9 Å². The van der Waals surface area contributed by atoms with Crippen LogP contribution in [0.1, 0.15) is 18.0 Å². The van der Waals surface area contributed by atoms with Gasteiger partial charge in [-0.15, -0.1) is 0 Å². The molecule has 5 heteroatoms. The Bertz CT molecular complexity index is 1370. The van der Waals surface area contributed by atoms with Gasteiger partial charge in [-0.2, -0.15) is 0 Å². The van der Waals surface area contributed by atoms with Crippen LogP contribution in [0.5, 0.6) is 0 Å². The lowest BCUT2D eigenvalue weighted by Crippen LogP contribution is -2.49. The molecule has 2 atom stereocenters. The number of amides is 1. The second-order valence-electron chi connectivity index (χ2n) is 9.04. The van der Waals surface area contributed by atoms with E-state index in [0.717, 1.165) is 40.8 Å². The molecule has 2 bridgehead atoms. The van der Waals surface area contributed by atoms with Crippen molar-refractivity contribution < 1.29 is 4.79 Å². The third-order valence-corrected chi connectivity index (χ3v) is 7.01. The lowest BCUT2D eigenvalue weighted by molar-refractivity contribution is -0.134. The molecule has 5 nitrogen and oxygen atoms in total. The highest BCUT2D eigenvalue weighted by atomic mass is 16.2. The first-order chi connectivity index (χ1) is 15.7. The van der Waals surface area contributed by atoms with Crippen LogP contribution < -0.4 is 5.56 Å². The van der Waals surface area contributed by atoms with E-state index < -0.39 is 0 Å². The summed E-state index contributed by atoms with van der Waals surface area (Å²) in [4.78, 5) is 27.9. The van der Waals surface area contributed by atoms with Crippen molar-refractivity contribution in [2.75, 3.05) is 13.1 Å². The molecule has 2 unspecified atom stereocenters. The highest BCUT2D eigenvalue weighted by Gasteiger charge is 2.36. The minimum absolute atomic E-state index is 0.0725. The first kappa shape index (κ1) is 19.1. The average molecular weight is 424 g/mol. The SMILES string of the molecule is O=C(Cn1c(-c2ccccc2)cc2ccccc21)N1CC2CC(C1)c1cccc(=O)n1C2. The molecule has 2 aliphatic rings. The highest BCUT2D eigenvalue weighted by Crippen LogP contribution is 2.35. The monoisotopic (exact) mass is 423 g/mol. The first-order valence-corrected chi connectivity index (χ1v) is 11.3. The van der Waals surface area contributed by atoms with Gasteiger partial charge < -0.3 is 14.0 Å². The van der Waals surface area contributed by atoms with Gasteiger partial charge in [0.1, 0.15) is 6.54 Å². The van der Waals surface area contributed by atoms with Gasteiger partial charge in [-0.05, 0) is 36.1 Å². The quantitative estimate of drug-likeness (QED) is 0.498. The molecule has 0 radical (unpaired) electrons. The fourth-order valence-corrected chi connectivity index (χ4v) is 5.56. The molecule has 0 N–H and O–H groups in total. The number of nitrogens with zero attached hydrogens (tertiary/aromatic N) is 3. The maximum absolute atomic E-state index is 13.5. The molecular weight excluding hydrogens is 398 g/mol. The number of rotatable bonds is 3. The molecule has 6 rings (SSSR count). The van der Waals surface area contributed by atoms with Gasteiger partial charge in [0.15, 0.2) is 0 Å². The molecule has 1 amide bonds. The molecular formula is C27H25N3O2. The Balaban J connectivity index is 1.32. The predicted octanol–water partition coefficient (Wildman–Crippen LogP) is 4.12. The zero-order valence-corrected chi connectivity index (χ0v) is 17.9. The maximum Gasteiger partial charge on any atom is 0.250 e. The average Bonchev–Trinajstić information content (AvgIpc) is 3.19. The number of likely N-dealkylation sites (tertiary alicyclic amines) is 1. The molecule has 0 aliphatic carbocycles. The number of carbonyl (C=O) groups excluding carboxylic acids is 1. The van der Waals surface area contributed by atoms with Crippen LogP contribution in [0.25, 0.3) is 22.2 Å². The van der Waals surface area contributed by atoms with E-state index >= 15 is 0 Å². The van der Waals surface area contributed by atoms with E-state index in [2.05, 4.69) is 34.9 Å². The van der Waals surface area contributed by atoms with Gasteiger partial charge in [-0.25, -0.2) is 0 Å². The molecule has 1 fully saturated rings. The van der Waals surface area contributed by atoms with Gasteiger partial charge >= 0.3 is 0 Å². The van der Waals surface area contributed by atoms with Crippen molar-refractivity contribution in [3.8, 4) is 11.3 Å². The van der Waals surface area contributed by atoms with Crippen molar-refractivity contribution in [3.63, 3.8) is 0 Å². The lowest BCUT2D eigenvalue weighted by atomic mass is 9.83. The lowest BCUT2D eigenvalue weighted by Gasteiger charge is -2.42. The van der Waals surface area contributed by atoms with Gasteiger partial charge in [-0.1, -0.05) is 54.6 Å². The summed E-state index contributed by atoms with van der Waals surface area (Å²) in [5.74, 6) is 0.709. The molecule has 2 aliphatic heterocycles. The number of piperidine rings is 1. The Morgan fingerprint density at radius 1 is 0.875 bits per heavy atom. The summed E-state index contributed by atoms with van der Waals surface area (Å²) in [7, 11) is 0. The van der Waals surface area contributed by atoms with Crippen LogP contribution in [0.15, 0.2) is 83.7 Å². The molecule has 2 aromatic carbocycles. The number of pyridine rings is 1. The van der Waals surface area contributed by atoms with Gasteiger partial charge in [0.2, 0.25) is 5.91 Å². The number of fused-ring (bicyclic) bond motifs is 5. The van der Waals surface area contributed by atoms with Crippen molar-refractivity contribution >= 4 is 16.8 Å². The highest BCUT2D eigenvalue weighted by molar-refractivity contribution is 5.89. The maximum atomic E-state index is 13.5. The van der Waals surface area contributed by atoms with Gasteiger partial charge in [0.25, 0.3) is 5.56 Å². The van der Waals surface area contributed by atoms with Crippen molar-refractivity contribution in [1.29, 1.82) is 0 Å². The second kappa shape index (κ2) is 7.52.